The van der Waals surface area contributed by atoms with Crippen LogP contribution in [0.4, 0.5) is 0 Å². The van der Waals surface area contributed by atoms with Gasteiger partial charge in [-0.15, -0.1) is 12.4 Å². The van der Waals surface area contributed by atoms with Gasteiger partial charge in [-0.1, -0.05) is 28.9 Å². The van der Waals surface area contributed by atoms with Crippen molar-refractivity contribution < 1.29 is 9.59 Å². The summed E-state index contributed by atoms with van der Waals surface area (Å²) in [6.07, 6.45) is 2.94. The molecule has 0 aliphatic carbocycles. The predicted octanol–water partition coefficient (Wildman–Crippen LogP) is 2.74. The number of piperidine rings is 1. The highest BCUT2D eigenvalue weighted by Gasteiger charge is 2.21. The quantitative estimate of drug-likeness (QED) is 0.580. The van der Waals surface area contributed by atoms with Crippen LogP contribution in [0.25, 0.3) is 0 Å². The predicted molar refractivity (Wildman–Crippen MR) is 106 cm³/mol. The molecule has 2 amide bonds. The molecule has 1 aromatic carbocycles. The standard InChI is InChI=1S/C18H26BrN3O2.ClH/c1-13(15-5-3-7-20-12-15)10-17(23)21-8-9-22-18(24)14-4-2-6-16(19)11-14;/h2,4,6,11,13,15,20H,3,5,7-10,12H2,1H3,(H,21,23)(H,22,24);1H. The van der Waals surface area contributed by atoms with E-state index in [1.165, 1.54) is 12.8 Å². The molecule has 0 saturated carbocycles. The normalized spacial score (nSPS) is 17.9. The van der Waals surface area contributed by atoms with E-state index in [4.69, 9.17) is 0 Å². The largest absolute Gasteiger partial charge is 0.354 e. The number of amides is 2. The van der Waals surface area contributed by atoms with Gasteiger partial charge in [-0.3, -0.25) is 9.59 Å². The summed E-state index contributed by atoms with van der Waals surface area (Å²) in [5.41, 5.74) is 0.606. The van der Waals surface area contributed by atoms with E-state index in [9.17, 15) is 9.59 Å². The highest BCUT2D eigenvalue weighted by atomic mass is 79.9. The molecule has 140 valence electrons. The summed E-state index contributed by atoms with van der Waals surface area (Å²) in [5.74, 6) is 0.895. The number of benzene rings is 1. The van der Waals surface area contributed by atoms with Crippen LogP contribution >= 0.6 is 28.3 Å². The average molecular weight is 433 g/mol. The second-order valence-electron chi connectivity index (χ2n) is 6.40. The molecule has 7 heteroatoms. The summed E-state index contributed by atoms with van der Waals surface area (Å²) in [6.45, 7) is 5.13. The van der Waals surface area contributed by atoms with E-state index in [0.29, 0.717) is 36.9 Å². The molecule has 1 saturated heterocycles. The molecule has 0 aromatic heterocycles. The molecule has 1 aromatic rings. The van der Waals surface area contributed by atoms with Crippen LogP contribution in [0, 0.1) is 11.8 Å². The average Bonchev–Trinajstić information content (AvgIpc) is 2.59. The summed E-state index contributed by atoms with van der Waals surface area (Å²) < 4.78 is 0.870. The molecule has 1 heterocycles. The number of carbonyl (C=O) groups is 2. The maximum atomic E-state index is 12.0. The van der Waals surface area contributed by atoms with E-state index in [2.05, 4.69) is 38.8 Å². The molecule has 2 atom stereocenters. The fourth-order valence-corrected chi connectivity index (χ4v) is 3.40. The zero-order chi connectivity index (χ0) is 17.4. The number of rotatable bonds is 7. The Bertz CT molecular complexity index is 565. The zero-order valence-electron chi connectivity index (χ0n) is 14.5. The van der Waals surface area contributed by atoms with Gasteiger partial charge < -0.3 is 16.0 Å². The number of carbonyl (C=O) groups excluding carboxylic acids is 2. The Morgan fingerprint density at radius 1 is 1.32 bits per heavy atom. The first kappa shape index (κ1) is 21.9. The van der Waals surface area contributed by atoms with Crippen molar-refractivity contribution in [1.29, 1.82) is 0 Å². The molecule has 1 fully saturated rings. The Morgan fingerprint density at radius 2 is 2.08 bits per heavy atom. The Labute approximate surface area is 164 Å². The van der Waals surface area contributed by atoms with E-state index in [-0.39, 0.29) is 24.2 Å². The van der Waals surface area contributed by atoms with Crippen molar-refractivity contribution in [3.63, 3.8) is 0 Å². The summed E-state index contributed by atoms with van der Waals surface area (Å²) in [4.78, 5) is 24.0. The minimum atomic E-state index is -0.132. The van der Waals surface area contributed by atoms with Crippen molar-refractivity contribution in [2.45, 2.75) is 26.2 Å². The van der Waals surface area contributed by atoms with Crippen molar-refractivity contribution in [3.8, 4) is 0 Å². The number of nitrogens with one attached hydrogen (secondary N) is 3. The Kier molecular flexibility index (Phi) is 10.1. The van der Waals surface area contributed by atoms with Crippen LogP contribution < -0.4 is 16.0 Å². The minimum Gasteiger partial charge on any atom is -0.354 e. The fraction of sp³-hybridized carbons (Fsp3) is 0.556. The summed E-state index contributed by atoms with van der Waals surface area (Å²) in [5, 5.41) is 9.09. The molecule has 0 spiro atoms. The molecule has 2 rings (SSSR count). The van der Waals surface area contributed by atoms with Gasteiger partial charge in [0.1, 0.15) is 0 Å². The van der Waals surface area contributed by atoms with Gasteiger partial charge in [0, 0.05) is 29.5 Å². The molecule has 25 heavy (non-hydrogen) atoms. The lowest BCUT2D eigenvalue weighted by Gasteiger charge is -2.28. The molecule has 1 aliphatic heterocycles. The Balaban J connectivity index is 0.00000312. The highest BCUT2D eigenvalue weighted by Crippen LogP contribution is 2.22. The third-order valence-corrected chi connectivity index (χ3v) is 4.96. The van der Waals surface area contributed by atoms with E-state index in [0.717, 1.165) is 17.6 Å². The van der Waals surface area contributed by atoms with Gasteiger partial charge in [0.05, 0.1) is 0 Å². The Morgan fingerprint density at radius 3 is 2.76 bits per heavy atom. The van der Waals surface area contributed by atoms with Crippen LogP contribution in [0.2, 0.25) is 0 Å². The van der Waals surface area contributed by atoms with Gasteiger partial charge in [-0.25, -0.2) is 0 Å². The third kappa shape index (κ3) is 7.75. The van der Waals surface area contributed by atoms with Gasteiger partial charge >= 0.3 is 0 Å². The van der Waals surface area contributed by atoms with E-state index < -0.39 is 0 Å². The Hall–Kier alpha value is -1.11. The number of hydrogen-bond acceptors (Lipinski definition) is 3. The van der Waals surface area contributed by atoms with Crippen LogP contribution in [0.15, 0.2) is 28.7 Å². The molecule has 5 nitrogen and oxygen atoms in total. The van der Waals surface area contributed by atoms with Crippen LogP contribution in [-0.4, -0.2) is 38.0 Å². The van der Waals surface area contributed by atoms with Crippen LogP contribution in [0.1, 0.15) is 36.5 Å². The van der Waals surface area contributed by atoms with Gasteiger partial charge in [0.25, 0.3) is 5.91 Å². The van der Waals surface area contributed by atoms with E-state index >= 15 is 0 Å². The maximum absolute atomic E-state index is 12.0. The first-order chi connectivity index (χ1) is 11.6. The summed E-state index contributed by atoms with van der Waals surface area (Å²) in [7, 11) is 0. The first-order valence-corrected chi connectivity index (χ1v) is 9.36. The molecule has 1 aliphatic rings. The summed E-state index contributed by atoms with van der Waals surface area (Å²) >= 11 is 3.35. The molecule has 0 bridgehead atoms. The fourth-order valence-electron chi connectivity index (χ4n) is 3.01. The number of halogens is 2. The third-order valence-electron chi connectivity index (χ3n) is 4.47. The zero-order valence-corrected chi connectivity index (χ0v) is 16.9. The van der Waals surface area contributed by atoms with Crippen molar-refractivity contribution in [2.24, 2.45) is 11.8 Å². The lowest BCUT2D eigenvalue weighted by atomic mass is 9.85. The van der Waals surface area contributed by atoms with E-state index in [1.54, 1.807) is 12.1 Å². The number of hydrogen-bond donors (Lipinski definition) is 3. The van der Waals surface area contributed by atoms with Gasteiger partial charge in [0.2, 0.25) is 5.91 Å². The SMILES string of the molecule is CC(CC(=O)NCCNC(=O)c1cccc(Br)c1)C1CCCNC1.Cl. The topological polar surface area (TPSA) is 70.2 Å². The van der Waals surface area contributed by atoms with Crippen molar-refractivity contribution >= 4 is 40.2 Å². The molecular weight excluding hydrogens is 406 g/mol. The molecule has 0 radical (unpaired) electrons. The van der Waals surface area contributed by atoms with Gasteiger partial charge in [0.15, 0.2) is 0 Å². The highest BCUT2D eigenvalue weighted by molar-refractivity contribution is 9.10. The lowest BCUT2D eigenvalue weighted by Crippen LogP contribution is -2.37. The second kappa shape index (κ2) is 11.5. The lowest BCUT2D eigenvalue weighted by molar-refractivity contribution is -0.122. The monoisotopic (exact) mass is 431 g/mol. The smallest absolute Gasteiger partial charge is 0.251 e. The molecule has 3 N–H and O–H groups in total. The van der Waals surface area contributed by atoms with Gasteiger partial charge in [-0.05, 0) is 56.0 Å². The van der Waals surface area contributed by atoms with Crippen LogP contribution in [0.3, 0.4) is 0 Å². The van der Waals surface area contributed by atoms with E-state index in [1.807, 2.05) is 12.1 Å². The van der Waals surface area contributed by atoms with Crippen molar-refractivity contribution in [1.82, 2.24) is 16.0 Å². The first-order valence-electron chi connectivity index (χ1n) is 8.57. The molecular formula is C18H27BrClN3O2. The summed E-state index contributed by atoms with van der Waals surface area (Å²) in [6, 6.07) is 7.23. The molecule has 2 unspecified atom stereocenters. The van der Waals surface area contributed by atoms with Gasteiger partial charge in [-0.2, -0.15) is 0 Å². The minimum absolute atomic E-state index is 0. The van der Waals surface area contributed by atoms with Crippen molar-refractivity contribution in [3.05, 3.63) is 34.3 Å². The van der Waals surface area contributed by atoms with Crippen LogP contribution in [0.5, 0.6) is 0 Å². The van der Waals surface area contributed by atoms with Crippen molar-refractivity contribution in [2.75, 3.05) is 26.2 Å². The second-order valence-corrected chi connectivity index (χ2v) is 7.32. The maximum Gasteiger partial charge on any atom is 0.251 e. The van der Waals surface area contributed by atoms with Crippen LogP contribution in [-0.2, 0) is 4.79 Å².